The van der Waals surface area contributed by atoms with Crippen molar-refractivity contribution in [1.29, 1.82) is 0 Å². The number of carbonyl (C=O) groups excluding carboxylic acids is 2. The van der Waals surface area contributed by atoms with E-state index in [1.165, 1.54) is 65.2 Å². The maximum atomic E-state index is 10.7. The predicted molar refractivity (Wildman–Crippen MR) is 125 cm³/mol. The van der Waals surface area contributed by atoms with Crippen LogP contribution in [0.4, 0.5) is 0 Å². The van der Waals surface area contributed by atoms with Crippen molar-refractivity contribution in [2.75, 3.05) is 13.2 Å². The van der Waals surface area contributed by atoms with E-state index in [1.54, 1.807) is 0 Å². The van der Waals surface area contributed by atoms with Gasteiger partial charge in [-0.25, -0.2) is 0 Å². The normalized spacial score (nSPS) is 12.3. The lowest BCUT2D eigenvalue weighted by atomic mass is 9.82. The molecule has 0 N–H and O–H groups in total. The zero-order valence-corrected chi connectivity index (χ0v) is 19.8. The molecule has 0 aliphatic heterocycles. The first-order valence-electron chi connectivity index (χ1n) is 11.6. The Hall–Kier alpha value is -1.84. The summed E-state index contributed by atoms with van der Waals surface area (Å²) < 4.78 is 9.73. The predicted octanol–water partition coefficient (Wildman–Crippen LogP) is 7.10. The highest BCUT2D eigenvalue weighted by atomic mass is 16.5. The molecule has 0 rings (SSSR count). The lowest BCUT2D eigenvalue weighted by Gasteiger charge is -2.23. The molecule has 0 aromatic heterocycles. The SMILES string of the molecule is CC(=O)OCC=CCCCC(C)(C)CC/C=C/CCCCCC/C=C/COC(C)=O. The van der Waals surface area contributed by atoms with Crippen LogP contribution in [0.2, 0.25) is 0 Å². The Bertz CT molecular complexity index is 529. The van der Waals surface area contributed by atoms with Gasteiger partial charge in [-0.05, 0) is 63.2 Å². The molecule has 0 aliphatic carbocycles. The van der Waals surface area contributed by atoms with Gasteiger partial charge in [0.15, 0.2) is 0 Å². The number of esters is 2. The second-order valence-corrected chi connectivity index (χ2v) is 8.61. The van der Waals surface area contributed by atoms with E-state index in [4.69, 9.17) is 9.47 Å². The van der Waals surface area contributed by atoms with Crippen LogP contribution in [-0.4, -0.2) is 25.2 Å². The smallest absolute Gasteiger partial charge is 0.302 e. The molecule has 0 radical (unpaired) electrons. The van der Waals surface area contributed by atoms with Crippen LogP contribution < -0.4 is 0 Å². The van der Waals surface area contributed by atoms with Crippen molar-refractivity contribution in [3.63, 3.8) is 0 Å². The van der Waals surface area contributed by atoms with Crippen molar-refractivity contribution in [3.05, 3.63) is 36.5 Å². The number of carbonyl (C=O) groups is 2. The Balaban J connectivity index is 3.54. The zero-order chi connectivity index (χ0) is 22.5. The molecule has 30 heavy (non-hydrogen) atoms. The summed E-state index contributed by atoms with van der Waals surface area (Å²) in [4.78, 5) is 21.3. The first-order chi connectivity index (χ1) is 14.3. The number of allylic oxidation sites excluding steroid dienone is 4. The molecule has 4 nitrogen and oxygen atoms in total. The largest absolute Gasteiger partial charge is 0.462 e. The first kappa shape index (κ1) is 28.2. The van der Waals surface area contributed by atoms with E-state index >= 15 is 0 Å². The summed E-state index contributed by atoms with van der Waals surface area (Å²) in [5.41, 5.74) is 0.372. The first-order valence-corrected chi connectivity index (χ1v) is 11.6. The molecule has 172 valence electrons. The fourth-order valence-corrected chi connectivity index (χ4v) is 3.11. The van der Waals surface area contributed by atoms with Crippen LogP contribution in [0, 0.1) is 5.41 Å². The third-order valence-corrected chi connectivity index (χ3v) is 4.97. The van der Waals surface area contributed by atoms with Crippen molar-refractivity contribution in [2.45, 2.75) is 98.3 Å². The Kier molecular flexibility index (Phi) is 18.0. The second kappa shape index (κ2) is 19.1. The summed E-state index contributed by atoms with van der Waals surface area (Å²) >= 11 is 0. The maximum Gasteiger partial charge on any atom is 0.302 e. The van der Waals surface area contributed by atoms with E-state index < -0.39 is 0 Å². The standard InChI is InChI=1S/C26H44O4/c1-24(27)29-22-18-14-11-9-7-5-6-8-10-12-16-20-26(3,4)21-17-13-15-19-23-30-25(2)28/h10,12,14-15,18-19H,5-9,11,13,16-17,20-23H2,1-4H3/b12-10+,18-14+,19-15?. The van der Waals surface area contributed by atoms with Gasteiger partial charge in [-0.2, -0.15) is 0 Å². The molecule has 0 unspecified atom stereocenters. The fourth-order valence-electron chi connectivity index (χ4n) is 3.11. The van der Waals surface area contributed by atoms with Crippen molar-refractivity contribution in [2.24, 2.45) is 5.41 Å². The van der Waals surface area contributed by atoms with Crippen LogP contribution in [0.25, 0.3) is 0 Å². The van der Waals surface area contributed by atoms with Gasteiger partial charge in [-0.1, -0.05) is 63.1 Å². The summed E-state index contributed by atoms with van der Waals surface area (Å²) in [5.74, 6) is -0.450. The van der Waals surface area contributed by atoms with Crippen LogP contribution in [0.5, 0.6) is 0 Å². The Labute approximate surface area is 184 Å². The molecular weight excluding hydrogens is 376 g/mol. The highest BCUT2D eigenvalue weighted by molar-refractivity contribution is 5.66. The minimum Gasteiger partial charge on any atom is -0.462 e. The number of ether oxygens (including phenoxy) is 2. The summed E-state index contributed by atoms with van der Waals surface area (Å²) in [5, 5.41) is 0. The molecule has 0 fully saturated rings. The minimum atomic E-state index is -0.226. The van der Waals surface area contributed by atoms with Crippen LogP contribution in [-0.2, 0) is 19.1 Å². The highest BCUT2D eigenvalue weighted by Crippen LogP contribution is 2.29. The molecule has 0 saturated heterocycles. The van der Waals surface area contributed by atoms with Gasteiger partial charge in [0.05, 0.1) is 0 Å². The molecule has 0 heterocycles. The van der Waals surface area contributed by atoms with Gasteiger partial charge < -0.3 is 9.47 Å². The zero-order valence-electron chi connectivity index (χ0n) is 19.8. The average molecular weight is 421 g/mol. The van der Waals surface area contributed by atoms with Gasteiger partial charge in [0, 0.05) is 13.8 Å². The Morgan fingerprint density at radius 2 is 1.03 bits per heavy atom. The van der Waals surface area contributed by atoms with Crippen molar-refractivity contribution >= 4 is 11.9 Å². The monoisotopic (exact) mass is 420 g/mol. The van der Waals surface area contributed by atoms with Crippen molar-refractivity contribution in [3.8, 4) is 0 Å². The van der Waals surface area contributed by atoms with Crippen LogP contribution in [0.15, 0.2) is 36.5 Å². The van der Waals surface area contributed by atoms with Gasteiger partial charge in [0.2, 0.25) is 0 Å². The van der Waals surface area contributed by atoms with Crippen molar-refractivity contribution < 1.29 is 19.1 Å². The molecule has 0 spiro atoms. The molecule has 4 heteroatoms. The Morgan fingerprint density at radius 3 is 1.53 bits per heavy atom. The third kappa shape index (κ3) is 22.4. The quantitative estimate of drug-likeness (QED) is 0.135. The maximum absolute atomic E-state index is 10.7. The van der Waals surface area contributed by atoms with Gasteiger partial charge in [0.1, 0.15) is 13.2 Å². The van der Waals surface area contributed by atoms with Crippen molar-refractivity contribution in [1.82, 2.24) is 0 Å². The highest BCUT2D eigenvalue weighted by Gasteiger charge is 2.15. The molecule has 0 saturated carbocycles. The topological polar surface area (TPSA) is 52.6 Å². The Morgan fingerprint density at radius 1 is 0.600 bits per heavy atom. The van der Waals surface area contributed by atoms with E-state index in [1.807, 2.05) is 12.2 Å². The van der Waals surface area contributed by atoms with E-state index in [9.17, 15) is 9.59 Å². The average Bonchev–Trinajstić information content (AvgIpc) is 2.67. The summed E-state index contributed by atoms with van der Waals surface area (Å²) in [6.07, 6.45) is 25.8. The third-order valence-electron chi connectivity index (χ3n) is 4.97. The second-order valence-electron chi connectivity index (χ2n) is 8.61. The molecule has 0 aliphatic rings. The van der Waals surface area contributed by atoms with Gasteiger partial charge in [0.25, 0.3) is 0 Å². The number of rotatable bonds is 18. The molecule has 0 aromatic rings. The minimum absolute atomic E-state index is 0.224. The lowest BCUT2D eigenvalue weighted by molar-refractivity contribution is -0.140. The number of unbranched alkanes of at least 4 members (excludes halogenated alkanes) is 6. The number of hydrogen-bond acceptors (Lipinski definition) is 4. The van der Waals surface area contributed by atoms with Crippen LogP contribution in [0.3, 0.4) is 0 Å². The lowest BCUT2D eigenvalue weighted by Crippen LogP contribution is -2.10. The van der Waals surface area contributed by atoms with E-state index in [0.717, 1.165) is 19.3 Å². The molecule has 0 atom stereocenters. The number of hydrogen-bond donors (Lipinski definition) is 0. The van der Waals surface area contributed by atoms with Gasteiger partial charge >= 0.3 is 11.9 Å². The van der Waals surface area contributed by atoms with Gasteiger partial charge in [-0.3, -0.25) is 9.59 Å². The summed E-state index contributed by atoms with van der Waals surface area (Å²) in [7, 11) is 0. The molecular formula is C26H44O4. The fraction of sp³-hybridized carbons (Fsp3) is 0.692. The van der Waals surface area contributed by atoms with Crippen LogP contribution >= 0.6 is 0 Å². The van der Waals surface area contributed by atoms with E-state index in [0.29, 0.717) is 18.6 Å². The molecule has 0 amide bonds. The van der Waals surface area contributed by atoms with Crippen LogP contribution in [0.1, 0.15) is 98.3 Å². The molecule has 0 aromatic carbocycles. The van der Waals surface area contributed by atoms with E-state index in [-0.39, 0.29) is 11.9 Å². The summed E-state index contributed by atoms with van der Waals surface area (Å²) in [6, 6.07) is 0. The summed E-state index contributed by atoms with van der Waals surface area (Å²) in [6.45, 7) is 8.35. The van der Waals surface area contributed by atoms with Gasteiger partial charge in [-0.15, -0.1) is 0 Å². The van der Waals surface area contributed by atoms with E-state index in [2.05, 4.69) is 38.2 Å². The molecule has 0 bridgehead atoms.